The maximum atomic E-state index is 5.84. The molecule has 0 fully saturated rings. The number of aryl methyl sites for hydroxylation is 1. The van der Waals surface area contributed by atoms with Crippen LogP contribution in [0.2, 0.25) is 0 Å². The van der Waals surface area contributed by atoms with Crippen LogP contribution in [0.15, 0.2) is 72.0 Å². The lowest BCUT2D eigenvalue weighted by Crippen LogP contribution is -2.15. The van der Waals surface area contributed by atoms with E-state index in [1.165, 1.54) is 42.5 Å². The third kappa shape index (κ3) is 7.19. The lowest BCUT2D eigenvalue weighted by atomic mass is 9.86. The van der Waals surface area contributed by atoms with Gasteiger partial charge in [0.05, 0.1) is 6.61 Å². The maximum Gasteiger partial charge on any atom is 0.119 e. The summed E-state index contributed by atoms with van der Waals surface area (Å²) in [5, 5.41) is 0. The second-order valence-electron chi connectivity index (χ2n) is 9.17. The number of allylic oxidation sites excluding steroid dienone is 2. The topological polar surface area (TPSA) is 34.5 Å². The van der Waals surface area contributed by atoms with Crippen molar-refractivity contribution in [2.75, 3.05) is 6.61 Å². The zero-order chi connectivity index (χ0) is 22.8. The highest BCUT2D eigenvalue weighted by Gasteiger charge is 2.20. The minimum atomic E-state index is 0.141. The third-order valence-electron chi connectivity index (χ3n) is 6.01. The number of pyridine rings is 1. The molecule has 1 aliphatic rings. The van der Waals surface area contributed by atoms with Crippen molar-refractivity contribution in [2.45, 2.75) is 71.6 Å². The lowest BCUT2D eigenvalue weighted by Gasteiger charge is -2.21. The van der Waals surface area contributed by atoms with Gasteiger partial charge in [-0.2, -0.15) is 0 Å². The van der Waals surface area contributed by atoms with Crippen molar-refractivity contribution in [3.63, 3.8) is 0 Å². The van der Waals surface area contributed by atoms with Gasteiger partial charge >= 0.3 is 0 Å². The van der Waals surface area contributed by atoms with Crippen molar-refractivity contribution in [2.24, 2.45) is 10.9 Å². The molecule has 0 aliphatic carbocycles. The molecule has 1 aromatic heterocycles. The van der Waals surface area contributed by atoms with Crippen LogP contribution in [0.5, 0.6) is 5.75 Å². The van der Waals surface area contributed by atoms with E-state index in [0.717, 1.165) is 42.9 Å². The molecule has 170 valence electrons. The molecule has 3 nitrogen and oxygen atoms in total. The Labute approximate surface area is 194 Å². The first kappa shape index (κ1) is 24.0. The first-order chi connectivity index (χ1) is 15.6. The van der Waals surface area contributed by atoms with E-state index in [1.54, 1.807) is 0 Å². The van der Waals surface area contributed by atoms with Crippen molar-refractivity contribution >= 4 is 5.71 Å². The van der Waals surface area contributed by atoms with Gasteiger partial charge in [0, 0.05) is 36.1 Å². The van der Waals surface area contributed by atoms with Crippen LogP contribution in [0.4, 0.5) is 0 Å². The van der Waals surface area contributed by atoms with Gasteiger partial charge in [0.1, 0.15) is 5.75 Å². The Morgan fingerprint density at radius 3 is 2.53 bits per heavy atom. The van der Waals surface area contributed by atoms with Gasteiger partial charge in [-0.3, -0.25) is 9.98 Å². The molecule has 0 spiro atoms. The van der Waals surface area contributed by atoms with E-state index in [0.29, 0.717) is 5.92 Å². The summed E-state index contributed by atoms with van der Waals surface area (Å²) in [7, 11) is 0. The molecule has 3 heteroatoms. The van der Waals surface area contributed by atoms with Crippen LogP contribution in [0, 0.1) is 5.92 Å². The molecule has 2 aromatic rings. The minimum Gasteiger partial charge on any atom is -0.494 e. The fourth-order valence-corrected chi connectivity index (χ4v) is 3.88. The fraction of sp³-hybridized carbons (Fsp3) is 0.448. The summed E-state index contributed by atoms with van der Waals surface area (Å²) >= 11 is 0. The minimum absolute atomic E-state index is 0.141. The van der Waals surface area contributed by atoms with Crippen LogP contribution in [0.3, 0.4) is 0 Å². The summed E-state index contributed by atoms with van der Waals surface area (Å²) in [5.74, 6) is 1.73. The Morgan fingerprint density at radius 1 is 1.03 bits per heavy atom. The SMILES string of the molecule is C=C1C(Cc2ccc(OCCC(C)C)cc2)=NC=CC1c1ccc(CCCCCC)nc1. The van der Waals surface area contributed by atoms with Gasteiger partial charge in [-0.25, -0.2) is 0 Å². The van der Waals surface area contributed by atoms with Crippen molar-refractivity contribution in [3.8, 4) is 5.75 Å². The summed E-state index contributed by atoms with van der Waals surface area (Å²) in [4.78, 5) is 9.34. The quantitative estimate of drug-likeness (QED) is 0.327. The molecule has 0 amide bonds. The Balaban J connectivity index is 1.56. The highest BCUT2D eigenvalue weighted by Crippen LogP contribution is 2.30. The van der Waals surface area contributed by atoms with E-state index >= 15 is 0 Å². The van der Waals surface area contributed by atoms with Gasteiger partial charge < -0.3 is 4.74 Å². The van der Waals surface area contributed by atoms with E-state index in [-0.39, 0.29) is 5.92 Å². The predicted octanol–water partition coefficient (Wildman–Crippen LogP) is 7.48. The highest BCUT2D eigenvalue weighted by molar-refractivity contribution is 6.03. The van der Waals surface area contributed by atoms with Gasteiger partial charge in [0.2, 0.25) is 0 Å². The number of aromatic nitrogens is 1. The van der Waals surface area contributed by atoms with Gasteiger partial charge in [0.25, 0.3) is 0 Å². The van der Waals surface area contributed by atoms with E-state index in [2.05, 4.69) is 74.8 Å². The number of nitrogens with zero attached hydrogens (tertiary/aromatic N) is 2. The normalized spacial score (nSPS) is 15.8. The second kappa shape index (κ2) is 12.4. The lowest BCUT2D eigenvalue weighted by molar-refractivity contribution is 0.289. The smallest absolute Gasteiger partial charge is 0.119 e. The third-order valence-corrected chi connectivity index (χ3v) is 6.01. The number of hydrogen-bond acceptors (Lipinski definition) is 3. The second-order valence-corrected chi connectivity index (χ2v) is 9.17. The van der Waals surface area contributed by atoms with Crippen LogP contribution >= 0.6 is 0 Å². The highest BCUT2D eigenvalue weighted by atomic mass is 16.5. The number of rotatable bonds is 12. The van der Waals surface area contributed by atoms with Crippen molar-refractivity contribution in [3.05, 3.63) is 83.8 Å². The first-order valence-corrected chi connectivity index (χ1v) is 12.2. The van der Waals surface area contributed by atoms with Crippen molar-refractivity contribution < 1.29 is 4.74 Å². The zero-order valence-corrected chi connectivity index (χ0v) is 20.0. The number of unbranched alkanes of at least 4 members (excludes halogenated alkanes) is 3. The Hall–Kier alpha value is -2.68. The molecule has 0 N–H and O–H groups in total. The average molecular weight is 431 g/mol. The van der Waals surface area contributed by atoms with Gasteiger partial charge in [-0.05, 0) is 60.1 Å². The van der Waals surface area contributed by atoms with Crippen LogP contribution in [0.1, 0.15) is 75.6 Å². The van der Waals surface area contributed by atoms with Crippen molar-refractivity contribution in [1.29, 1.82) is 0 Å². The number of benzene rings is 1. The molecular weight excluding hydrogens is 392 g/mol. The molecular formula is C29H38N2O. The maximum absolute atomic E-state index is 5.84. The standard InChI is InChI=1S/C29H38N2O/c1-5-6-7-8-9-26-13-12-25(21-31-26)28-16-18-30-29(23(28)4)20-24-10-14-27(15-11-24)32-19-17-22(2)3/h10-16,18,21-22,28H,4-9,17,19-20H2,1-3H3. The molecule has 2 heterocycles. The first-order valence-electron chi connectivity index (χ1n) is 12.2. The Kier molecular flexibility index (Phi) is 9.27. The fourth-order valence-electron chi connectivity index (χ4n) is 3.88. The van der Waals surface area contributed by atoms with Crippen LogP contribution in [0.25, 0.3) is 0 Å². The van der Waals surface area contributed by atoms with E-state index in [1.807, 2.05) is 12.4 Å². The van der Waals surface area contributed by atoms with Crippen LogP contribution < -0.4 is 4.74 Å². The van der Waals surface area contributed by atoms with Gasteiger partial charge in [-0.1, -0.05) is 70.9 Å². The molecule has 1 unspecified atom stereocenters. The molecule has 1 aliphatic heterocycles. The number of ether oxygens (including phenoxy) is 1. The summed E-state index contributed by atoms with van der Waals surface area (Å²) in [5.41, 5.74) is 5.68. The molecule has 32 heavy (non-hydrogen) atoms. The Bertz CT molecular complexity index is 907. The molecule has 1 atom stereocenters. The Morgan fingerprint density at radius 2 is 1.84 bits per heavy atom. The van der Waals surface area contributed by atoms with Crippen LogP contribution in [-0.2, 0) is 12.8 Å². The van der Waals surface area contributed by atoms with E-state index in [9.17, 15) is 0 Å². The molecule has 1 aromatic carbocycles. The summed E-state index contributed by atoms with van der Waals surface area (Å²) < 4.78 is 5.84. The number of aliphatic imine (C=N–C) groups is 1. The molecule has 0 saturated heterocycles. The number of hydrogen-bond donors (Lipinski definition) is 0. The van der Waals surface area contributed by atoms with Crippen LogP contribution in [-0.4, -0.2) is 17.3 Å². The molecule has 0 saturated carbocycles. The molecule has 3 rings (SSSR count). The van der Waals surface area contributed by atoms with E-state index < -0.39 is 0 Å². The summed E-state index contributed by atoms with van der Waals surface area (Å²) in [6, 6.07) is 12.7. The average Bonchev–Trinajstić information content (AvgIpc) is 2.80. The largest absolute Gasteiger partial charge is 0.494 e. The van der Waals surface area contributed by atoms with E-state index in [4.69, 9.17) is 9.72 Å². The monoisotopic (exact) mass is 430 g/mol. The van der Waals surface area contributed by atoms with Gasteiger partial charge in [-0.15, -0.1) is 0 Å². The van der Waals surface area contributed by atoms with Gasteiger partial charge in [0.15, 0.2) is 0 Å². The molecule has 0 bridgehead atoms. The molecule has 0 radical (unpaired) electrons. The summed E-state index contributed by atoms with van der Waals surface area (Å²) in [6.07, 6.45) is 14.0. The van der Waals surface area contributed by atoms with Crippen molar-refractivity contribution in [1.82, 2.24) is 4.98 Å². The predicted molar refractivity (Wildman–Crippen MR) is 136 cm³/mol. The zero-order valence-electron chi connectivity index (χ0n) is 20.0. The summed E-state index contributed by atoms with van der Waals surface area (Å²) in [6.45, 7) is 11.8.